The monoisotopic (exact) mass is 498 g/mol. The van der Waals surface area contributed by atoms with E-state index in [1.165, 1.54) is 13.3 Å². The van der Waals surface area contributed by atoms with Gasteiger partial charge >= 0.3 is 0 Å². The Morgan fingerprint density at radius 2 is 1.86 bits per heavy atom. The average molecular weight is 499 g/mol. The van der Waals surface area contributed by atoms with E-state index in [4.69, 9.17) is 26.3 Å². The molecule has 0 bridgehead atoms. The Morgan fingerprint density at radius 3 is 2.56 bits per heavy atom. The van der Waals surface area contributed by atoms with Crippen LogP contribution in [0, 0.1) is 18.3 Å². The number of benzene rings is 3. The summed E-state index contributed by atoms with van der Waals surface area (Å²) < 4.78 is 12.7. The molecule has 0 atom stereocenters. The minimum absolute atomic E-state index is 0.157. The van der Waals surface area contributed by atoms with Crippen molar-refractivity contribution >= 4 is 23.7 Å². The molecule has 0 aliphatic heterocycles. The summed E-state index contributed by atoms with van der Waals surface area (Å²) >= 11 is 6.24. The van der Waals surface area contributed by atoms with E-state index in [1.807, 2.05) is 43.3 Å². The molecule has 0 unspecified atom stereocenters. The normalized spacial score (nSPS) is 10.7. The molecule has 3 aromatic carbocycles. The highest BCUT2D eigenvalue weighted by molar-refractivity contribution is 6.32. The molecule has 0 spiro atoms. The van der Waals surface area contributed by atoms with Crippen molar-refractivity contribution in [1.82, 2.24) is 9.99 Å². The van der Waals surface area contributed by atoms with Crippen LogP contribution < -0.4 is 14.9 Å². The fourth-order valence-corrected chi connectivity index (χ4v) is 4.04. The van der Waals surface area contributed by atoms with Gasteiger partial charge in [-0.3, -0.25) is 4.79 Å². The molecule has 4 rings (SSSR count). The summed E-state index contributed by atoms with van der Waals surface area (Å²) in [5, 5.41) is 13.0. The van der Waals surface area contributed by atoms with Gasteiger partial charge in [0, 0.05) is 16.9 Å². The summed E-state index contributed by atoms with van der Waals surface area (Å²) in [6.07, 6.45) is 1.45. The molecule has 8 heteroatoms. The molecule has 1 amide bonds. The Labute approximate surface area is 214 Å². The van der Waals surface area contributed by atoms with Gasteiger partial charge in [-0.1, -0.05) is 41.9 Å². The van der Waals surface area contributed by atoms with E-state index in [-0.39, 0.29) is 23.3 Å². The van der Waals surface area contributed by atoms with Crippen molar-refractivity contribution in [3.05, 3.63) is 101 Å². The molecule has 36 heavy (non-hydrogen) atoms. The zero-order valence-electron chi connectivity index (χ0n) is 19.7. The van der Waals surface area contributed by atoms with E-state index >= 15 is 0 Å². The molecular formula is C28H23ClN4O3. The smallest absolute Gasteiger partial charge is 0.271 e. The number of halogens is 1. The number of hydrogen-bond donors (Lipinski definition) is 1. The summed E-state index contributed by atoms with van der Waals surface area (Å²) in [4.78, 5) is 12.6. The first-order valence-electron chi connectivity index (χ1n) is 11.1. The van der Waals surface area contributed by atoms with Gasteiger partial charge in [-0.2, -0.15) is 10.4 Å². The molecule has 0 saturated heterocycles. The maximum atomic E-state index is 12.6. The van der Waals surface area contributed by atoms with Crippen LogP contribution in [0.1, 0.15) is 21.6 Å². The molecule has 1 heterocycles. The third-order valence-electron chi connectivity index (χ3n) is 5.45. The van der Waals surface area contributed by atoms with Gasteiger partial charge in [0.1, 0.15) is 6.07 Å². The summed E-state index contributed by atoms with van der Waals surface area (Å²) in [7, 11) is 1.47. The Morgan fingerprint density at radius 1 is 1.11 bits per heavy atom. The lowest BCUT2D eigenvalue weighted by molar-refractivity contribution is 0.0955. The van der Waals surface area contributed by atoms with Crippen LogP contribution in [0.3, 0.4) is 0 Å². The topological polar surface area (TPSA) is 88.6 Å². The zero-order valence-corrected chi connectivity index (χ0v) is 20.5. The number of nitrogens with zero attached hydrogens (tertiary/aromatic N) is 3. The average Bonchev–Trinajstić information content (AvgIpc) is 3.29. The fraction of sp³-hybridized carbons (Fsp3) is 0.107. The Balaban J connectivity index is 1.47. The van der Waals surface area contributed by atoms with Crippen LogP contribution in [0.4, 0.5) is 0 Å². The summed E-state index contributed by atoms with van der Waals surface area (Å²) in [5.74, 6) is 0.281. The Hall–Kier alpha value is -4.54. The van der Waals surface area contributed by atoms with Crippen molar-refractivity contribution in [2.24, 2.45) is 5.10 Å². The van der Waals surface area contributed by atoms with Gasteiger partial charge in [0.2, 0.25) is 0 Å². The van der Waals surface area contributed by atoms with Crippen LogP contribution in [0.2, 0.25) is 5.02 Å². The van der Waals surface area contributed by atoms with Gasteiger partial charge < -0.3 is 14.0 Å². The van der Waals surface area contributed by atoms with Crippen molar-refractivity contribution in [2.75, 3.05) is 13.7 Å². The van der Waals surface area contributed by atoms with Crippen LogP contribution in [0.5, 0.6) is 11.5 Å². The molecule has 0 aliphatic rings. The van der Waals surface area contributed by atoms with E-state index in [2.05, 4.69) is 39.4 Å². The van der Waals surface area contributed by atoms with Crippen LogP contribution in [0.15, 0.2) is 84.0 Å². The molecule has 1 N–H and O–H groups in total. The number of methoxy groups -OCH3 is 1. The number of aryl methyl sites for hydroxylation is 1. The summed E-state index contributed by atoms with van der Waals surface area (Å²) in [6.45, 7) is 1.89. The largest absolute Gasteiger partial charge is 0.493 e. The molecule has 4 aromatic rings. The Bertz CT molecular complexity index is 1440. The quantitative estimate of drug-likeness (QED) is 0.246. The minimum atomic E-state index is -0.350. The minimum Gasteiger partial charge on any atom is -0.493 e. The third-order valence-corrected chi connectivity index (χ3v) is 5.73. The number of carbonyl (C=O) groups excluding carboxylic acids is 1. The molecule has 180 valence electrons. The molecular weight excluding hydrogens is 476 g/mol. The number of nitrogens with one attached hydrogen (secondary N) is 1. The fourth-order valence-electron chi connectivity index (χ4n) is 3.77. The first-order valence-corrected chi connectivity index (χ1v) is 11.4. The van der Waals surface area contributed by atoms with Gasteiger partial charge in [0.05, 0.1) is 24.0 Å². The number of ether oxygens (including phenoxy) is 2. The highest BCUT2D eigenvalue weighted by Gasteiger charge is 2.13. The van der Waals surface area contributed by atoms with E-state index in [1.54, 1.807) is 24.3 Å². The molecule has 7 nitrogen and oxygen atoms in total. The maximum absolute atomic E-state index is 12.6. The van der Waals surface area contributed by atoms with Gasteiger partial charge in [-0.05, 0) is 66.6 Å². The standard InChI is InChI=1S/C28H23ClN4O3/c1-19-8-13-25(21-6-4-3-5-7-21)33(19)23-11-9-22(10-12-23)28(34)32-31-18-20-16-24(29)27(36-15-14-30)26(17-20)35-2/h3-13,16-18H,15H2,1-2H3,(H,32,34)/b31-18+. The lowest BCUT2D eigenvalue weighted by Gasteiger charge is -2.13. The predicted molar refractivity (Wildman–Crippen MR) is 140 cm³/mol. The SMILES string of the molecule is COc1cc(/C=N/NC(=O)c2ccc(-n3c(C)ccc3-c3ccccc3)cc2)cc(Cl)c1OCC#N. The third kappa shape index (κ3) is 5.40. The van der Waals surface area contributed by atoms with E-state index in [0.29, 0.717) is 16.9 Å². The maximum Gasteiger partial charge on any atom is 0.271 e. The number of hydrazone groups is 1. The van der Waals surface area contributed by atoms with Crippen LogP contribution >= 0.6 is 11.6 Å². The molecule has 0 aliphatic carbocycles. The van der Waals surface area contributed by atoms with Crippen LogP contribution in [-0.2, 0) is 0 Å². The molecule has 0 radical (unpaired) electrons. The number of nitriles is 1. The highest BCUT2D eigenvalue weighted by atomic mass is 35.5. The van der Waals surface area contributed by atoms with E-state index in [9.17, 15) is 4.79 Å². The number of rotatable bonds is 8. The number of hydrogen-bond acceptors (Lipinski definition) is 5. The predicted octanol–water partition coefficient (Wildman–Crippen LogP) is 5.78. The zero-order chi connectivity index (χ0) is 25.5. The van der Waals surface area contributed by atoms with Crippen molar-refractivity contribution in [3.63, 3.8) is 0 Å². The molecule has 0 fully saturated rings. The van der Waals surface area contributed by atoms with Crippen LogP contribution in [0.25, 0.3) is 16.9 Å². The Kier molecular flexibility index (Phi) is 7.69. The first kappa shape index (κ1) is 24.6. The van der Waals surface area contributed by atoms with Crippen molar-refractivity contribution in [1.29, 1.82) is 5.26 Å². The van der Waals surface area contributed by atoms with E-state index < -0.39 is 0 Å². The molecule has 1 aromatic heterocycles. The second kappa shape index (κ2) is 11.3. The lowest BCUT2D eigenvalue weighted by Crippen LogP contribution is -2.17. The van der Waals surface area contributed by atoms with Gasteiger partial charge in [0.25, 0.3) is 5.91 Å². The van der Waals surface area contributed by atoms with Crippen molar-refractivity contribution in [2.45, 2.75) is 6.92 Å². The first-order chi connectivity index (χ1) is 17.5. The van der Waals surface area contributed by atoms with Gasteiger partial charge in [-0.25, -0.2) is 5.43 Å². The van der Waals surface area contributed by atoms with Gasteiger partial charge in [0.15, 0.2) is 18.1 Å². The molecule has 0 saturated carbocycles. The number of carbonyl (C=O) groups is 1. The highest BCUT2D eigenvalue weighted by Crippen LogP contribution is 2.36. The lowest BCUT2D eigenvalue weighted by atomic mass is 10.1. The summed E-state index contributed by atoms with van der Waals surface area (Å²) in [5.41, 5.74) is 7.82. The summed E-state index contributed by atoms with van der Waals surface area (Å²) in [6, 6.07) is 26.8. The second-order valence-corrected chi connectivity index (χ2v) is 8.20. The number of amides is 1. The van der Waals surface area contributed by atoms with Crippen molar-refractivity contribution in [3.8, 4) is 34.5 Å². The second-order valence-electron chi connectivity index (χ2n) is 7.79. The van der Waals surface area contributed by atoms with Crippen LogP contribution in [-0.4, -0.2) is 30.4 Å². The number of aromatic nitrogens is 1. The van der Waals surface area contributed by atoms with Gasteiger partial charge in [-0.15, -0.1) is 0 Å². The van der Waals surface area contributed by atoms with Crippen molar-refractivity contribution < 1.29 is 14.3 Å². The van der Waals surface area contributed by atoms with E-state index in [0.717, 1.165) is 22.6 Å².